The van der Waals surface area contributed by atoms with E-state index < -0.39 is 23.7 Å². The summed E-state index contributed by atoms with van der Waals surface area (Å²) in [6.07, 6.45) is -3.19. The number of benzene rings is 2. The summed E-state index contributed by atoms with van der Waals surface area (Å²) >= 11 is 0. The van der Waals surface area contributed by atoms with Gasteiger partial charge in [0.1, 0.15) is 0 Å². The molecule has 43 heavy (non-hydrogen) atoms. The molecule has 2 heterocycles. The summed E-state index contributed by atoms with van der Waals surface area (Å²) in [5.74, 6) is 0. The number of nitriles is 1. The maximum atomic E-state index is 13.2. The zero-order valence-electron chi connectivity index (χ0n) is 23.1. The number of aliphatic hydroxyl groups excluding tert-OH is 1. The second-order valence-corrected chi connectivity index (χ2v) is 10.6. The third kappa shape index (κ3) is 6.46. The van der Waals surface area contributed by atoms with Crippen LogP contribution in [0, 0.1) is 11.3 Å². The molecule has 6 nitrogen and oxygen atoms in total. The molecule has 0 spiro atoms. The van der Waals surface area contributed by atoms with Crippen LogP contribution in [0.3, 0.4) is 0 Å². The Balaban J connectivity index is 0.000000171. The van der Waals surface area contributed by atoms with Gasteiger partial charge in [0, 0.05) is 22.5 Å². The van der Waals surface area contributed by atoms with Gasteiger partial charge in [0.2, 0.25) is 0 Å². The molecule has 0 fully saturated rings. The average molecular weight is 602 g/mol. The van der Waals surface area contributed by atoms with Crippen molar-refractivity contribution in [3.63, 3.8) is 0 Å². The van der Waals surface area contributed by atoms with Crippen LogP contribution in [0.4, 0.5) is 26.3 Å². The van der Waals surface area contributed by atoms with Crippen LogP contribution in [0.2, 0.25) is 0 Å². The van der Waals surface area contributed by atoms with E-state index >= 15 is 0 Å². The minimum atomic E-state index is -4.42. The molecule has 4 aromatic rings. The van der Waals surface area contributed by atoms with Gasteiger partial charge in [-0.25, -0.2) is 9.36 Å². The minimum Gasteiger partial charge on any atom is -0.392 e. The Kier molecular flexibility index (Phi) is 8.64. The quantitative estimate of drug-likeness (QED) is 0.253. The summed E-state index contributed by atoms with van der Waals surface area (Å²) in [7, 11) is 0. The molecule has 226 valence electrons. The summed E-state index contributed by atoms with van der Waals surface area (Å²) < 4.78 is 81.6. The van der Waals surface area contributed by atoms with Crippen molar-refractivity contribution in [3.05, 3.63) is 93.6 Å². The van der Waals surface area contributed by atoms with Crippen molar-refractivity contribution in [2.75, 3.05) is 0 Å². The lowest BCUT2D eigenvalue weighted by Gasteiger charge is -2.14. The number of nitrogens with zero attached hydrogens (tertiary/aromatic N) is 5. The lowest BCUT2D eigenvalue weighted by Crippen LogP contribution is -2.11. The van der Waals surface area contributed by atoms with Gasteiger partial charge < -0.3 is 5.11 Å². The molecule has 2 aromatic heterocycles. The largest absolute Gasteiger partial charge is 0.435 e. The van der Waals surface area contributed by atoms with Gasteiger partial charge >= 0.3 is 12.4 Å². The van der Waals surface area contributed by atoms with Gasteiger partial charge in [-0.1, -0.05) is 24.3 Å². The van der Waals surface area contributed by atoms with Crippen molar-refractivity contribution in [3.8, 4) is 17.4 Å². The lowest BCUT2D eigenvalue weighted by molar-refractivity contribution is -0.142. The molecule has 2 aliphatic rings. The standard InChI is InChI=1S/C16H14F3N3.C15H15F3N2O/c17-16(18,19)15-13-3-1-2-4-14(13)22(21-15)12-7-5-11(6-8-12)9-10-20;16-15(17,18)14-12-3-1-2-4-13(12)20(19-14)11-7-5-10(9-21)6-8-11/h5-8H,1-4,9H2;5-8,21H,1-4,9H2. The number of hydrogen-bond donors (Lipinski definition) is 1. The lowest BCUT2D eigenvalue weighted by atomic mass is 9.95. The highest BCUT2D eigenvalue weighted by atomic mass is 19.4. The molecule has 2 aromatic carbocycles. The molecule has 6 rings (SSSR count). The second-order valence-electron chi connectivity index (χ2n) is 10.6. The molecule has 12 heteroatoms. The van der Waals surface area contributed by atoms with Crippen molar-refractivity contribution in [2.45, 2.75) is 76.7 Å². The number of halogens is 6. The Bertz CT molecular complexity index is 1610. The third-order valence-corrected chi connectivity index (χ3v) is 7.73. The number of aromatic nitrogens is 4. The Hall–Kier alpha value is -4.11. The van der Waals surface area contributed by atoms with E-state index in [1.165, 1.54) is 9.36 Å². The molecule has 0 radical (unpaired) electrons. The molecule has 0 amide bonds. The van der Waals surface area contributed by atoms with Crippen LogP contribution in [0.25, 0.3) is 11.4 Å². The topological polar surface area (TPSA) is 79.7 Å². The van der Waals surface area contributed by atoms with Crippen molar-refractivity contribution >= 4 is 0 Å². The summed E-state index contributed by atoms with van der Waals surface area (Å²) in [6.45, 7) is -0.0920. The maximum absolute atomic E-state index is 13.2. The number of aliphatic hydroxyl groups is 1. The summed E-state index contributed by atoms with van der Waals surface area (Å²) in [5, 5.41) is 25.3. The highest BCUT2D eigenvalue weighted by Gasteiger charge is 2.40. The first-order chi connectivity index (χ1) is 20.5. The smallest absolute Gasteiger partial charge is 0.392 e. The van der Waals surface area contributed by atoms with E-state index in [1.807, 2.05) is 6.07 Å². The normalized spacial score (nSPS) is 14.7. The van der Waals surface area contributed by atoms with Gasteiger partial charge in [0.15, 0.2) is 11.4 Å². The molecular formula is C31H29F6N5O. The fourth-order valence-electron chi connectivity index (χ4n) is 5.67. The van der Waals surface area contributed by atoms with E-state index in [9.17, 15) is 26.3 Å². The van der Waals surface area contributed by atoms with E-state index in [-0.39, 0.29) is 13.0 Å². The van der Waals surface area contributed by atoms with E-state index in [0.717, 1.165) is 36.8 Å². The fraction of sp³-hybridized carbons (Fsp3) is 0.387. The van der Waals surface area contributed by atoms with E-state index in [1.54, 1.807) is 48.5 Å². The molecule has 1 N–H and O–H groups in total. The van der Waals surface area contributed by atoms with Crippen LogP contribution in [0.15, 0.2) is 48.5 Å². The summed E-state index contributed by atoms with van der Waals surface area (Å²) in [5.41, 5.74) is 3.22. The fourth-order valence-corrected chi connectivity index (χ4v) is 5.67. The molecule has 0 unspecified atom stereocenters. The van der Waals surface area contributed by atoms with Crippen molar-refractivity contribution in [1.29, 1.82) is 5.26 Å². The monoisotopic (exact) mass is 601 g/mol. The first-order valence-electron chi connectivity index (χ1n) is 14.0. The molecule has 0 aliphatic heterocycles. The zero-order valence-corrected chi connectivity index (χ0v) is 23.1. The van der Waals surface area contributed by atoms with Gasteiger partial charge in [0.05, 0.1) is 30.5 Å². The van der Waals surface area contributed by atoms with E-state index in [0.29, 0.717) is 59.6 Å². The van der Waals surface area contributed by atoms with Crippen molar-refractivity contribution < 1.29 is 31.4 Å². The van der Waals surface area contributed by atoms with Crippen LogP contribution in [0.1, 0.15) is 70.7 Å². The first-order valence-corrected chi connectivity index (χ1v) is 14.0. The molecule has 0 saturated carbocycles. The van der Waals surface area contributed by atoms with Crippen LogP contribution < -0.4 is 0 Å². The van der Waals surface area contributed by atoms with Gasteiger partial charge in [-0.2, -0.15) is 41.8 Å². The van der Waals surface area contributed by atoms with Crippen LogP contribution >= 0.6 is 0 Å². The highest BCUT2D eigenvalue weighted by Crippen LogP contribution is 2.38. The third-order valence-electron chi connectivity index (χ3n) is 7.73. The number of rotatable bonds is 4. The zero-order chi connectivity index (χ0) is 30.8. The maximum Gasteiger partial charge on any atom is 0.435 e. The van der Waals surface area contributed by atoms with Crippen molar-refractivity contribution in [2.24, 2.45) is 0 Å². The first kappa shape index (κ1) is 30.4. The second kappa shape index (κ2) is 12.2. The van der Waals surface area contributed by atoms with Gasteiger partial charge in [-0.15, -0.1) is 0 Å². The number of fused-ring (bicyclic) bond motifs is 2. The predicted octanol–water partition coefficient (Wildman–Crippen LogP) is 7.10. The SMILES string of the molecule is N#CCc1ccc(-n2nc(C(F)(F)F)c3c2CCCC3)cc1.OCc1ccc(-n2nc(C(F)(F)F)c3c2CCCC3)cc1. The molecule has 0 atom stereocenters. The van der Waals surface area contributed by atoms with Crippen LogP contribution in [-0.4, -0.2) is 24.7 Å². The minimum absolute atomic E-state index is 0.0920. The van der Waals surface area contributed by atoms with E-state index in [4.69, 9.17) is 10.4 Å². The number of alkyl halides is 6. The van der Waals surface area contributed by atoms with Gasteiger partial charge in [-0.3, -0.25) is 0 Å². The Morgan fingerprint density at radius 1 is 0.651 bits per heavy atom. The summed E-state index contributed by atoms with van der Waals surface area (Å²) in [4.78, 5) is 0. The number of hydrogen-bond acceptors (Lipinski definition) is 4. The summed E-state index contributed by atoms with van der Waals surface area (Å²) in [6, 6.07) is 15.7. The van der Waals surface area contributed by atoms with Gasteiger partial charge in [0.25, 0.3) is 0 Å². The molecule has 0 bridgehead atoms. The van der Waals surface area contributed by atoms with E-state index in [2.05, 4.69) is 10.2 Å². The Labute approximate surface area is 244 Å². The Morgan fingerprint density at radius 3 is 1.42 bits per heavy atom. The molecule has 2 aliphatic carbocycles. The predicted molar refractivity (Wildman–Crippen MR) is 146 cm³/mol. The van der Waals surface area contributed by atoms with Crippen LogP contribution in [0.5, 0.6) is 0 Å². The Morgan fingerprint density at radius 2 is 1.05 bits per heavy atom. The average Bonchev–Trinajstić information content (AvgIpc) is 3.58. The van der Waals surface area contributed by atoms with Crippen molar-refractivity contribution in [1.82, 2.24) is 19.6 Å². The van der Waals surface area contributed by atoms with Gasteiger partial charge in [-0.05, 0) is 86.8 Å². The van der Waals surface area contributed by atoms with Crippen LogP contribution in [-0.2, 0) is 51.1 Å². The highest BCUT2D eigenvalue weighted by molar-refractivity contribution is 5.42. The molecular weight excluding hydrogens is 572 g/mol. The molecule has 0 saturated heterocycles.